The van der Waals surface area contributed by atoms with E-state index in [1.165, 1.54) is 16.2 Å². The number of rotatable bonds is 5. The maximum Gasteiger partial charge on any atom is 0.264 e. The Morgan fingerprint density at radius 3 is 2.76 bits per heavy atom. The van der Waals surface area contributed by atoms with Crippen LogP contribution in [0.2, 0.25) is 0 Å². The molecule has 2 heterocycles. The SMILES string of the molecule is CN(CC(=O)NCc1ccco1)C(=O)c1cc(Br)c(Br)s1. The van der Waals surface area contributed by atoms with Crippen molar-refractivity contribution in [2.45, 2.75) is 6.54 Å². The van der Waals surface area contributed by atoms with Crippen LogP contribution in [0.1, 0.15) is 15.4 Å². The Balaban J connectivity index is 1.86. The summed E-state index contributed by atoms with van der Waals surface area (Å²) in [6.07, 6.45) is 1.55. The molecule has 2 amide bonds. The van der Waals surface area contributed by atoms with Crippen LogP contribution in [0.3, 0.4) is 0 Å². The molecule has 0 atom stereocenters. The molecule has 0 spiro atoms. The van der Waals surface area contributed by atoms with E-state index in [4.69, 9.17) is 4.42 Å². The van der Waals surface area contributed by atoms with Crippen LogP contribution in [0.5, 0.6) is 0 Å². The standard InChI is InChI=1S/C13H12Br2N2O3S/c1-17(13(19)10-5-9(14)12(15)21-10)7-11(18)16-6-8-3-2-4-20-8/h2-5H,6-7H2,1H3,(H,16,18). The second-order valence-corrected chi connectivity index (χ2v) is 7.47. The number of hydrogen-bond acceptors (Lipinski definition) is 4. The topological polar surface area (TPSA) is 62.6 Å². The number of thiophene rings is 1. The predicted molar refractivity (Wildman–Crippen MR) is 87.2 cm³/mol. The first-order valence-electron chi connectivity index (χ1n) is 5.96. The van der Waals surface area contributed by atoms with E-state index >= 15 is 0 Å². The van der Waals surface area contributed by atoms with E-state index in [9.17, 15) is 9.59 Å². The molecule has 0 aliphatic heterocycles. The Kier molecular flexibility index (Phi) is 5.60. The monoisotopic (exact) mass is 434 g/mol. The molecule has 0 fully saturated rings. The molecule has 5 nitrogen and oxygen atoms in total. The molecule has 0 radical (unpaired) electrons. The Labute approximate surface area is 142 Å². The summed E-state index contributed by atoms with van der Waals surface area (Å²) >= 11 is 8.00. The van der Waals surface area contributed by atoms with Gasteiger partial charge in [0.05, 0.1) is 28.0 Å². The minimum Gasteiger partial charge on any atom is -0.467 e. The van der Waals surface area contributed by atoms with Gasteiger partial charge in [0.2, 0.25) is 5.91 Å². The van der Waals surface area contributed by atoms with Crippen molar-refractivity contribution in [3.8, 4) is 0 Å². The summed E-state index contributed by atoms with van der Waals surface area (Å²) < 4.78 is 6.79. The number of nitrogens with zero attached hydrogens (tertiary/aromatic N) is 1. The van der Waals surface area contributed by atoms with Crippen LogP contribution in [0, 0.1) is 0 Å². The molecule has 21 heavy (non-hydrogen) atoms. The normalized spacial score (nSPS) is 10.4. The van der Waals surface area contributed by atoms with Crippen molar-refractivity contribution in [3.63, 3.8) is 0 Å². The number of nitrogens with one attached hydrogen (secondary N) is 1. The van der Waals surface area contributed by atoms with Crippen LogP contribution in [-0.4, -0.2) is 30.3 Å². The zero-order valence-corrected chi connectivity index (χ0v) is 15.0. The quantitative estimate of drug-likeness (QED) is 0.783. The molecule has 0 saturated heterocycles. The molecular formula is C13H12Br2N2O3S. The lowest BCUT2D eigenvalue weighted by atomic mass is 10.4. The summed E-state index contributed by atoms with van der Waals surface area (Å²) in [7, 11) is 1.59. The van der Waals surface area contributed by atoms with Gasteiger partial charge >= 0.3 is 0 Å². The Morgan fingerprint density at radius 2 is 2.19 bits per heavy atom. The highest BCUT2D eigenvalue weighted by Crippen LogP contribution is 2.32. The van der Waals surface area contributed by atoms with Gasteiger partial charge in [0.1, 0.15) is 5.76 Å². The lowest BCUT2D eigenvalue weighted by molar-refractivity contribution is -0.121. The van der Waals surface area contributed by atoms with E-state index in [2.05, 4.69) is 37.2 Å². The van der Waals surface area contributed by atoms with Crippen LogP contribution in [-0.2, 0) is 11.3 Å². The van der Waals surface area contributed by atoms with Gasteiger partial charge < -0.3 is 14.6 Å². The lowest BCUT2D eigenvalue weighted by Crippen LogP contribution is -2.37. The van der Waals surface area contributed by atoms with Crippen molar-refractivity contribution in [2.24, 2.45) is 0 Å². The van der Waals surface area contributed by atoms with Gasteiger partial charge in [-0.25, -0.2) is 0 Å². The zero-order chi connectivity index (χ0) is 15.4. The van der Waals surface area contributed by atoms with E-state index < -0.39 is 0 Å². The molecule has 2 aromatic rings. The molecule has 1 N–H and O–H groups in total. The largest absolute Gasteiger partial charge is 0.467 e. The van der Waals surface area contributed by atoms with Crippen molar-refractivity contribution < 1.29 is 14.0 Å². The van der Waals surface area contributed by atoms with Gasteiger partial charge in [-0.05, 0) is 50.1 Å². The number of amides is 2. The average molecular weight is 436 g/mol. The average Bonchev–Trinajstić information content (AvgIpc) is 3.06. The van der Waals surface area contributed by atoms with E-state index in [0.29, 0.717) is 17.2 Å². The summed E-state index contributed by atoms with van der Waals surface area (Å²) in [4.78, 5) is 25.9. The van der Waals surface area contributed by atoms with Crippen molar-refractivity contribution in [1.82, 2.24) is 10.2 Å². The van der Waals surface area contributed by atoms with Crippen molar-refractivity contribution in [2.75, 3.05) is 13.6 Å². The molecule has 2 rings (SSSR count). The van der Waals surface area contributed by atoms with Crippen molar-refractivity contribution in [3.05, 3.63) is 43.4 Å². The van der Waals surface area contributed by atoms with Gasteiger partial charge in [0.25, 0.3) is 5.91 Å². The predicted octanol–water partition coefficient (Wildman–Crippen LogP) is 3.25. The van der Waals surface area contributed by atoms with Crippen LogP contribution < -0.4 is 5.32 Å². The third-order valence-electron chi connectivity index (χ3n) is 2.62. The molecule has 0 bridgehead atoms. The van der Waals surface area contributed by atoms with E-state index in [1.54, 1.807) is 31.5 Å². The van der Waals surface area contributed by atoms with Gasteiger partial charge in [-0.1, -0.05) is 0 Å². The summed E-state index contributed by atoms with van der Waals surface area (Å²) in [6.45, 7) is 0.302. The smallest absolute Gasteiger partial charge is 0.264 e. The third kappa shape index (κ3) is 4.42. The molecule has 8 heteroatoms. The van der Waals surface area contributed by atoms with Gasteiger partial charge in [0.15, 0.2) is 0 Å². The first kappa shape index (κ1) is 16.3. The minimum atomic E-state index is -0.239. The molecule has 0 aromatic carbocycles. The van der Waals surface area contributed by atoms with E-state index in [-0.39, 0.29) is 18.4 Å². The fraction of sp³-hybridized carbons (Fsp3) is 0.231. The highest BCUT2D eigenvalue weighted by atomic mass is 79.9. The second kappa shape index (κ2) is 7.24. The van der Waals surface area contributed by atoms with Crippen LogP contribution >= 0.6 is 43.2 Å². The van der Waals surface area contributed by atoms with Crippen LogP contribution in [0.25, 0.3) is 0 Å². The number of halogens is 2. The van der Waals surface area contributed by atoms with Gasteiger partial charge in [0, 0.05) is 11.5 Å². The fourth-order valence-electron chi connectivity index (χ4n) is 1.58. The summed E-state index contributed by atoms with van der Waals surface area (Å²) in [5, 5.41) is 2.70. The molecule has 0 unspecified atom stereocenters. The van der Waals surface area contributed by atoms with Gasteiger partial charge in [-0.2, -0.15) is 0 Å². The first-order chi connectivity index (χ1) is 9.97. The summed E-state index contributed by atoms with van der Waals surface area (Å²) in [6, 6.07) is 5.26. The summed E-state index contributed by atoms with van der Waals surface area (Å²) in [5.74, 6) is 0.236. The number of hydrogen-bond donors (Lipinski definition) is 1. The van der Waals surface area contributed by atoms with E-state index in [1.807, 2.05) is 0 Å². The zero-order valence-electron chi connectivity index (χ0n) is 11.1. The summed E-state index contributed by atoms with van der Waals surface area (Å²) in [5.41, 5.74) is 0. The maximum atomic E-state index is 12.2. The van der Waals surface area contributed by atoms with Gasteiger partial charge in [-0.15, -0.1) is 11.3 Å². The molecule has 2 aromatic heterocycles. The number of carbonyl (C=O) groups excluding carboxylic acids is 2. The third-order valence-corrected chi connectivity index (χ3v) is 5.87. The molecule has 0 aliphatic carbocycles. The first-order valence-corrected chi connectivity index (χ1v) is 8.37. The number of carbonyl (C=O) groups is 2. The Bertz CT molecular complexity index is 620. The molecule has 0 saturated carbocycles. The Morgan fingerprint density at radius 1 is 1.43 bits per heavy atom. The lowest BCUT2D eigenvalue weighted by Gasteiger charge is -2.15. The van der Waals surface area contributed by atoms with Gasteiger partial charge in [-0.3, -0.25) is 9.59 Å². The van der Waals surface area contributed by atoms with Crippen LogP contribution in [0.15, 0.2) is 37.1 Å². The van der Waals surface area contributed by atoms with Crippen LogP contribution in [0.4, 0.5) is 0 Å². The maximum absolute atomic E-state index is 12.2. The van der Waals surface area contributed by atoms with Crippen molar-refractivity contribution >= 4 is 55.0 Å². The highest BCUT2D eigenvalue weighted by molar-refractivity contribution is 9.13. The fourth-order valence-corrected chi connectivity index (χ4v) is 3.61. The molecule has 0 aliphatic rings. The van der Waals surface area contributed by atoms with Crippen molar-refractivity contribution in [1.29, 1.82) is 0 Å². The number of furan rings is 1. The highest BCUT2D eigenvalue weighted by Gasteiger charge is 2.18. The number of likely N-dealkylation sites (N-methyl/N-ethyl adjacent to an activating group) is 1. The molecule has 112 valence electrons. The minimum absolute atomic E-state index is 0.00726. The van der Waals surface area contributed by atoms with E-state index in [0.717, 1.165) is 8.26 Å². The molecular weight excluding hydrogens is 424 g/mol. The second-order valence-electron chi connectivity index (χ2n) is 4.25. The Hall–Kier alpha value is -1.12.